The number of hydrogen-bond donors (Lipinski definition) is 0. The van der Waals surface area contributed by atoms with Gasteiger partial charge in [-0.25, -0.2) is 0 Å². The lowest BCUT2D eigenvalue weighted by molar-refractivity contribution is 0.0974. The highest BCUT2D eigenvalue weighted by molar-refractivity contribution is 9.10. The van der Waals surface area contributed by atoms with Crippen LogP contribution < -0.4 is 0 Å². The Labute approximate surface area is 140 Å². The van der Waals surface area contributed by atoms with Gasteiger partial charge in [-0.1, -0.05) is 40.2 Å². The van der Waals surface area contributed by atoms with E-state index in [1.165, 1.54) is 0 Å². The van der Waals surface area contributed by atoms with Crippen molar-refractivity contribution in [1.29, 1.82) is 0 Å². The molecule has 0 aliphatic rings. The molecule has 0 N–H and O–H groups in total. The van der Waals surface area contributed by atoms with Crippen LogP contribution in [0.1, 0.15) is 16.2 Å². The number of aromatic nitrogens is 4. The number of hydrogen-bond acceptors (Lipinski definition) is 3. The van der Waals surface area contributed by atoms with E-state index in [0.29, 0.717) is 17.2 Å². The van der Waals surface area contributed by atoms with Crippen LogP contribution in [0.3, 0.4) is 0 Å². The molecule has 5 nitrogen and oxygen atoms in total. The lowest BCUT2D eigenvalue weighted by Crippen LogP contribution is -2.10. The van der Waals surface area contributed by atoms with Gasteiger partial charge in [0, 0.05) is 10.0 Å². The van der Waals surface area contributed by atoms with Gasteiger partial charge in [-0.2, -0.15) is 9.50 Å². The summed E-state index contributed by atoms with van der Waals surface area (Å²) in [5.41, 5.74) is 2.58. The molecule has 0 radical (unpaired) electrons. The van der Waals surface area contributed by atoms with E-state index in [1.807, 2.05) is 60.0 Å². The summed E-state index contributed by atoms with van der Waals surface area (Å²) in [4.78, 5) is 17.1. The summed E-state index contributed by atoms with van der Waals surface area (Å²) in [5.74, 6) is 1.42. The standard InChI is InChI=1S/C17H13BrN4O/c1-11-19-17-21(10-16(23)12-6-8-13(18)9-7-12)14-4-2-3-5-15(14)22(17)20-11/h2-9H,10H2,1H3. The molecule has 0 saturated heterocycles. The van der Waals surface area contributed by atoms with Crippen molar-refractivity contribution in [2.75, 3.05) is 0 Å². The molecule has 2 aromatic heterocycles. The van der Waals surface area contributed by atoms with E-state index < -0.39 is 0 Å². The number of benzene rings is 2. The Kier molecular flexibility index (Phi) is 3.27. The number of Topliss-reactive ketones (excluding diaryl/α,β-unsaturated/α-hetero) is 1. The Bertz CT molecular complexity index is 1030. The highest BCUT2D eigenvalue weighted by Gasteiger charge is 2.16. The Morgan fingerprint density at radius 2 is 1.78 bits per heavy atom. The number of rotatable bonds is 3. The molecule has 2 aromatic carbocycles. The van der Waals surface area contributed by atoms with E-state index >= 15 is 0 Å². The van der Waals surface area contributed by atoms with Gasteiger partial charge < -0.3 is 4.57 Å². The van der Waals surface area contributed by atoms with Gasteiger partial charge in [0.25, 0.3) is 0 Å². The minimum absolute atomic E-state index is 0.0430. The Morgan fingerprint density at radius 1 is 1.09 bits per heavy atom. The molecule has 0 atom stereocenters. The maximum atomic E-state index is 12.6. The first-order valence-corrected chi connectivity index (χ1v) is 8.02. The fourth-order valence-corrected chi connectivity index (χ4v) is 3.01. The average molecular weight is 369 g/mol. The van der Waals surface area contributed by atoms with E-state index in [2.05, 4.69) is 26.0 Å². The van der Waals surface area contributed by atoms with Gasteiger partial charge in [0.15, 0.2) is 5.78 Å². The summed E-state index contributed by atoms with van der Waals surface area (Å²) >= 11 is 3.38. The highest BCUT2D eigenvalue weighted by Crippen LogP contribution is 2.20. The van der Waals surface area contributed by atoms with Crippen LogP contribution in [0, 0.1) is 6.92 Å². The van der Waals surface area contributed by atoms with Crippen molar-refractivity contribution in [1.82, 2.24) is 19.2 Å². The van der Waals surface area contributed by atoms with Crippen molar-refractivity contribution in [3.63, 3.8) is 0 Å². The first-order valence-electron chi connectivity index (χ1n) is 7.23. The second-order valence-electron chi connectivity index (χ2n) is 5.38. The predicted molar refractivity (Wildman–Crippen MR) is 91.7 cm³/mol. The summed E-state index contributed by atoms with van der Waals surface area (Å²) < 4.78 is 4.66. The number of para-hydroxylation sites is 2. The summed E-state index contributed by atoms with van der Waals surface area (Å²) in [6.45, 7) is 2.08. The van der Waals surface area contributed by atoms with E-state index in [4.69, 9.17) is 0 Å². The molecule has 2 heterocycles. The molecule has 0 unspecified atom stereocenters. The second kappa shape index (κ2) is 5.31. The van der Waals surface area contributed by atoms with Crippen LogP contribution in [0.15, 0.2) is 53.0 Å². The molecular weight excluding hydrogens is 356 g/mol. The Balaban J connectivity index is 1.83. The maximum Gasteiger partial charge on any atom is 0.234 e. The zero-order valence-electron chi connectivity index (χ0n) is 12.4. The number of ketones is 1. The zero-order valence-corrected chi connectivity index (χ0v) is 14.0. The number of fused-ring (bicyclic) bond motifs is 3. The van der Waals surface area contributed by atoms with Gasteiger partial charge in [-0.05, 0) is 31.2 Å². The molecule has 4 rings (SSSR count). The van der Waals surface area contributed by atoms with Crippen LogP contribution in [0.25, 0.3) is 16.8 Å². The molecular formula is C17H13BrN4O. The molecule has 6 heteroatoms. The SMILES string of the molecule is Cc1nc2n(CC(=O)c3ccc(Br)cc3)c3ccccc3n2n1. The number of nitrogens with zero attached hydrogens (tertiary/aromatic N) is 4. The summed E-state index contributed by atoms with van der Waals surface area (Å²) in [6, 6.07) is 15.3. The number of carbonyl (C=O) groups excluding carboxylic acids is 1. The average Bonchev–Trinajstić information content (AvgIpc) is 3.05. The Hall–Kier alpha value is -2.47. The second-order valence-corrected chi connectivity index (χ2v) is 6.29. The van der Waals surface area contributed by atoms with Crippen molar-refractivity contribution < 1.29 is 4.79 Å². The van der Waals surface area contributed by atoms with E-state index in [1.54, 1.807) is 4.52 Å². The van der Waals surface area contributed by atoms with E-state index in [9.17, 15) is 4.79 Å². The third kappa shape index (κ3) is 2.35. The molecule has 0 bridgehead atoms. The van der Waals surface area contributed by atoms with Crippen LogP contribution in [0.4, 0.5) is 0 Å². The summed E-state index contributed by atoms with van der Waals surface area (Å²) in [5, 5.41) is 4.42. The molecule has 0 amide bonds. The highest BCUT2D eigenvalue weighted by atomic mass is 79.9. The third-order valence-electron chi connectivity index (χ3n) is 3.81. The smallest absolute Gasteiger partial charge is 0.234 e. The molecule has 0 aliphatic heterocycles. The molecule has 23 heavy (non-hydrogen) atoms. The molecule has 4 aromatic rings. The first-order chi connectivity index (χ1) is 11.1. The minimum atomic E-state index is 0.0430. The topological polar surface area (TPSA) is 52.2 Å². The zero-order chi connectivity index (χ0) is 16.0. The van der Waals surface area contributed by atoms with E-state index in [-0.39, 0.29) is 12.3 Å². The number of imidazole rings is 1. The van der Waals surface area contributed by atoms with E-state index in [0.717, 1.165) is 15.5 Å². The summed E-state index contributed by atoms with van der Waals surface area (Å²) in [7, 11) is 0. The third-order valence-corrected chi connectivity index (χ3v) is 4.33. The monoisotopic (exact) mass is 368 g/mol. The van der Waals surface area contributed by atoms with Crippen molar-refractivity contribution in [2.45, 2.75) is 13.5 Å². The van der Waals surface area contributed by atoms with Crippen molar-refractivity contribution >= 4 is 38.5 Å². The Morgan fingerprint density at radius 3 is 2.52 bits per heavy atom. The molecule has 0 fully saturated rings. The largest absolute Gasteiger partial charge is 0.300 e. The first kappa shape index (κ1) is 14.1. The van der Waals surface area contributed by atoms with Gasteiger partial charge >= 0.3 is 0 Å². The van der Waals surface area contributed by atoms with Crippen LogP contribution in [-0.2, 0) is 6.54 Å². The molecule has 0 saturated carbocycles. The van der Waals surface area contributed by atoms with Crippen molar-refractivity contribution in [2.24, 2.45) is 0 Å². The number of halogens is 1. The molecule has 114 valence electrons. The summed E-state index contributed by atoms with van der Waals surface area (Å²) in [6.07, 6.45) is 0. The van der Waals surface area contributed by atoms with Crippen molar-refractivity contribution in [3.8, 4) is 0 Å². The lowest BCUT2D eigenvalue weighted by Gasteiger charge is -2.05. The minimum Gasteiger partial charge on any atom is -0.300 e. The van der Waals surface area contributed by atoms with Gasteiger partial charge in [-0.3, -0.25) is 4.79 Å². The number of aryl methyl sites for hydroxylation is 1. The van der Waals surface area contributed by atoms with Gasteiger partial charge in [-0.15, -0.1) is 5.10 Å². The van der Waals surface area contributed by atoms with Gasteiger partial charge in [0.05, 0.1) is 17.6 Å². The quantitative estimate of drug-likeness (QED) is 0.518. The van der Waals surface area contributed by atoms with Crippen molar-refractivity contribution in [3.05, 3.63) is 64.4 Å². The van der Waals surface area contributed by atoms with Gasteiger partial charge in [0.1, 0.15) is 5.82 Å². The van der Waals surface area contributed by atoms with Crippen LogP contribution in [0.5, 0.6) is 0 Å². The molecule has 0 aliphatic carbocycles. The lowest BCUT2D eigenvalue weighted by atomic mass is 10.1. The molecule has 0 spiro atoms. The number of carbonyl (C=O) groups is 1. The maximum absolute atomic E-state index is 12.6. The fraction of sp³-hybridized carbons (Fsp3) is 0.118. The van der Waals surface area contributed by atoms with Crippen LogP contribution in [-0.4, -0.2) is 24.9 Å². The predicted octanol–water partition coefficient (Wildman–Crippen LogP) is 3.64. The van der Waals surface area contributed by atoms with Gasteiger partial charge in [0.2, 0.25) is 5.78 Å². The fourth-order valence-electron chi connectivity index (χ4n) is 2.75. The normalized spacial score (nSPS) is 11.4. The van der Waals surface area contributed by atoms with Crippen LogP contribution in [0.2, 0.25) is 0 Å². The van der Waals surface area contributed by atoms with Crippen LogP contribution >= 0.6 is 15.9 Å².